The van der Waals surface area contributed by atoms with Crippen molar-refractivity contribution in [1.29, 1.82) is 0 Å². The SMILES string of the molecule is [O]C(=O)SSc1ccccc1. The first-order valence-corrected chi connectivity index (χ1v) is 5.04. The quantitative estimate of drug-likeness (QED) is 0.664. The highest BCUT2D eigenvalue weighted by atomic mass is 33.1. The molecule has 1 aromatic rings. The van der Waals surface area contributed by atoms with Crippen molar-refractivity contribution in [2.45, 2.75) is 4.90 Å². The van der Waals surface area contributed by atoms with E-state index in [4.69, 9.17) is 0 Å². The molecule has 0 amide bonds. The monoisotopic (exact) mass is 185 g/mol. The lowest BCUT2D eigenvalue weighted by atomic mass is 10.4. The molecule has 0 atom stereocenters. The normalized spacial score (nSPS) is 9.45. The van der Waals surface area contributed by atoms with Gasteiger partial charge in [-0.3, -0.25) is 0 Å². The summed E-state index contributed by atoms with van der Waals surface area (Å²) >= 11 is 0. The maximum atomic E-state index is 10.0. The van der Waals surface area contributed by atoms with Gasteiger partial charge in [0.2, 0.25) is 0 Å². The summed E-state index contributed by atoms with van der Waals surface area (Å²) in [6.07, 6.45) is 0. The van der Waals surface area contributed by atoms with Crippen LogP contribution in [-0.4, -0.2) is 5.30 Å². The molecule has 0 spiro atoms. The third-order valence-electron chi connectivity index (χ3n) is 0.949. The summed E-state index contributed by atoms with van der Waals surface area (Å²) in [4.78, 5) is 10.9. The van der Waals surface area contributed by atoms with Gasteiger partial charge in [-0.25, -0.2) is 9.90 Å². The van der Waals surface area contributed by atoms with Crippen LogP contribution in [0.15, 0.2) is 35.2 Å². The third kappa shape index (κ3) is 3.34. The zero-order valence-electron chi connectivity index (χ0n) is 5.52. The van der Waals surface area contributed by atoms with Gasteiger partial charge < -0.3 is 0 Å². The Hall–Kier alpha value is -0.610. The number of hydrogen-bond acceptors (Lipinski definition) is 3. The number of carbonyl (C=O) groups excluding carboxylic acids is 1. The van der Waals surface area contributed by atoms with Crippen LogP contribution in [0.25, 0.3) is 0 Å². The molecule has 1 aromatic carbocycles. The fourth-order valence-corrected chi connectivity index (χ4v) is 1.82. The summed E-state index contributed by atoms with van der Waals surface area (Å²) in [6, 6.07) is 9.30. The van der Waals surface area contributed by atoms with Gasteiger partial charge in [-0.2, -0.15) is 0 Å². The van der Waals surface area contributed by atoms with Crippen LogP contribution in [0.3, 0.4) is 0 Å². The van der Waals surface area contributed by atoms with Crippen LogP contribution in [0.4, 0.5) is 4.79 Å². The third-order valence-corrected chi connectivity index (χ3v) is 2.87. The molecule has 0 N–H and O–H groups in total. The number of rotatable bonds is 2. The Kier molecular flexibility index (Phi) is 3.32. The van der Waals surface area contributed by atoms with Gasteiger partial charge >= 0.3 is 5.30 Å². The van der Waals surface area contributed by atoms with Crippen molar-refractivity contribution >= 4 is 26.9 Å². The Morgan fingerprint density at radius 2 is 1.82 bits per heavy atom. The van der Waals surface area contributed by atoms with Crippen molar-refractivity contribution < 1.29 is 9.90 Å². The number of carbonyl (C=O) groups is 1. The average Bonchev–Trinajstić information content (AvgIpc) is 2.03. The molecule has 4 heteroatoms. The predicted molar refractivity (Wildman–Crippen MR) is 46.0 cm³/mol. The lowest BCUT2D eigenvalue weighted by Gasteiger charge is -1.92. The second-order valence-electron chi connectivity index (χ2n) is 1.73. The molecule has 0 unspecified atom stereocenters. The van der Waals surface area contributed by atoms with Gasteiger partial charge in [0.1, 0.15) is 0 Å². The Bertz CT molecular complexity index is 235. The molecular formula is C7H5O2S2. The first-order valence-electron chi connectivity index (χ1n) is 2.89. The van der Waals surface area contributed by atoms with Crippen LogP contribution < -0.4 is 0 Å². The zero-order valence-corrected chi connectivity index (χ0v) is 7.15. The molecule has 0 heterocycles. The van der Waals surface area contributed by atoms with E-state index in [0.717, 1.165) is 4.90 Å². The topological polar surface area (TPSA) is 37.0 Å². The smallest absolute Gasteiger partial charge is 0.233 e. The molecule has 0 saturated heterocycles. The van der Waals surface area contributed by atoms with Crippen molar-refractivity contribution in [2.75, 3.05) is 0 Å². The molecule has 0 aliphatic rings. The van der Waals surface area contributed by atoms with Crippen LogP contribution in [0.5, 0.6) is 0 Å². The average molecular weight is 185 g/mol. The molecule has 1 radical (unpaired) electrons. The van der Waals surface area contributed by atoms with Gasteiger partial charge in [-0.1, -0.05) is 18.2 Å². The summed E-state index contributed by atoms with van der Waals surface area (Å²) in [5.41, 5.74) is 0. The van der Waals surface area contributed by atoms with Crippen LogP contribution in [0.1, 0.15) is 0 Å². The van der Waals surface area contributed by atoms with E-state index in [0.29, 0.717) is 10.8 Å². The predicted octanol–water partition coefficient (Wildman–Crippen LogP) is 2.98. The second kappa shape index (κ2) is 4.31. The first-order chi connectivity index (χ1) is 5.29. The molecule has 2 nitrogen and oxygen atoms in total. The van der Waals surface area contributed by atoms with Crippen molar-refractivity contribution in [3.63, 3.8) is 0 Å². The van der Waals surface area contributed by atoms with E-state index in [2.05, 4.69) is 0 Å². The first kappa shape index (κ1) is 8.49. The molecule has 0 aliphatic heterocycles. The molecule has 0 fully saturated rings. The number of hydrogen-bond donors (Lipinski definition) is 0. The van der Waals surface area contributed by atoms with E-state index in [1.165, 1.54) is 10.8 Å². The Morgan fingerprint density at radius 1 is 1.18 bits per heavy atom. The zero-order chi connectivity index (χ0) is 8.10. The van der Waals surface area contributed by atoms with Gasteiger partial charge in [0, 0.05) is 15.7 Å². The van der Waals surface area contributed by atoms with Gasteiger partial charge in [0.15, 0.2) is 0 Å². The molecule has 0 aromatic heterocycles. The van der Waals surface area contributed by atoms with Gasteiger partial charge in [-0.05, 0) is 22.9 Å². The molecular weight excluding hydrogens is 180 g/mol. The van der Waals surface area contributed by atoms with Crippen molar-refractivity contribution in [3.05, 3.63) is 30.3 Å². The number of benzene rings is 1. The molecule has 0 aliphatic carbocycles. The minimum atomic E-state index is -1.11. The molecule has 1 rings (SSSR count). The molecule has 57 valence electrons. The second-order valence-corrected chi connectivity index (χ2v) is 3.87. The van der Waals surface area contributed by atoms with E-state index in [1.807, 2.05) is 30.3 Å². The van der Waals surface area contributed by atoms with Crippen molar-refractivity contribution in [1.82, 2.24) is 0 Å². The highest BCUT2D eigenvalue weighted by Gasteiger charge is 2.01. The van der Waals surface area contributed by atoms with Gasteiger partial charge in [0.25, 0.3) is 0 Å². The Morgan fingerprint density at radius 3 is 2.36 bits per heavy atom. The van der Waals surface area contributed by atoms with Gasteiger partial charge in [0.05, 0.1) is 0 Å². The fraction of sp³-hybridized carbons (Fsp3) is 0. The van der Waals surface area contributed by atoms with Gasteiger partial charge in [-0.15, -0.1) is 0 Å². The molecule has 11 heavy (non-hydrogen) atoms. The van der Waals surface area contributed by atoms with E-state index in [9.17, 15) is 9.90 Å². The summed E-state index contributed by atoms with van der Waals surface area (Å²) in [7, 11) is 1.89. The van der Waals surface area contributed by atoms with E-state index in [1.54, 1.807) is 0 Å². The highest BCUT2D eigenvalue weighted by Crippen LogP contribution is 2.30. The fourth-order valence-electron chi connectivity index (χ4n) is 0.558. The van der Waals surface area contributed by atoms with Crippen LogP contribution in [0, 0.1) is 0 Å². The summed E-state index contributed by atoms with van der Waals surface area (Å²) < 4.78 is 0. The summed E-state index contributed by atoms with van der Waals surface area (Å²) in [5, 5.41) is 8.89. The molecule has 0 saturated carbocycles. The van der Waals surface area contributed by atoms with E-state index >= 15 is 0 Å². The maximum Gasteiger partial charge on any atom is 0.424 e. The maximum absolute atomic E-state index is 10.0. The standard InChI is InChI=1S/C7H5O2S2/c8-7(9)11-10-6-4-2-1-3-5-6/h1-5H. The summed E-state index contributed by atoms with van der Waals surface area (Å²) in [5.74, 6) is 0. The van der Waals surface area contributed by atoms with E-state index in [-0.39, 0.29) is 0 Å². The minimum Gasteiger partial charge on any atom is -0.233 e. The lowest BCUT2D eigenvalue weighted by molar-refractivity contribution is 0.199. The van der Waals surface area contributed by atoms with Crippen LogP contribution in [0.2, 0.25) is 0 Å². The Labute approximate surface area is 72.4 Å². The summed E-state index contributed by atoms with van der Waals surface area (Å²) in [6.45, 7) is 0. The lowest BCUT2D eigenvalue weighted by Crippen LogP contribution is -1.74. The van der Waals surface area contributed by atoms with Crippen LogP contribution >= 0.6 is 21.6 Å². The largest absolute Gasteiger partial charge is 0.424 e. The highest BCUT2D eigenvalue weighted by molar-refractivity contribution is 8.82. The van der Waals surface area contributed by atoms with Crippen molar-refractivity contribution in [3.8, 4) is 0 Å². The van der Waals surface area contributed by atoms with E-state index < -0.39 is 5.30 Å². The van der Waals surface area contributed by atoms with Crippen molar-refractivity contribution in [2.24, 2.45) is 0 Å². The van der Waals surface area contributed by atoms with Crippen LogP contribution in [-0.2, 0) is 5.11 Å². The Balaban J connectivity index is 2.45. The minimum absolute atomic E-state index is 0.707. The molecule has 0 bridgehead atoms.